The molecule has 1 amide bonds. The summed E-state index contributed by atoms with van der Waals surface area (Å²) in [7, 11) is 0. The van der Waals surface area contributed by atoms with E-state index in [0.717, 1.165) is 19.4 Å². The summed E-state index contributed by atoms with van der Waals surface area (Å²) in [6, 6.07) is 4.42. The lowest BCUT2D eigenvalue weighted by Crippen LogP contribution is -2.54. The van der Waals surface area contributed by atoms with Crippen LogP contribution in [-0.4, -0.2) is 22.9 Å². The van der Waals surface area contributed by atoms with Gasteiger partial charge in [-0.25, -0.2) is 0 Å². The average Bonchev–Trinajstić information content (AvgIpc) is 3.06. The van der Waals surface area contributed by atoms with Crippen molar-refractivity contribution in [1.82, 2.24) is 4.90 Å². The van der Waals surface area contributed by atoms with Gasteiger partial charge in [0.1, 0.15) is 0 Å². The number of likely N-dealkylation sites (tertiary alicyclic amines) is 1. The van der Waals surface area contributed by atoms with E-state index in [2.05, 4.69) is 17.5 Å². The number of carbonyl (C=O) groups excluding carboxylic acids is 1. The summed E-state index contributed by atoms with van der Waals surface area (Å²) in [4.78, 5) is 15.9. The van der Waals surface area contributed by atoms with Gasteiger partial charge in [-0.3, -0.25) is 4.79 Å². The van der Waals surface area contributed by atoms with Crippen LogP contribution in [0.2, 0.25) is 0 Å². The zero-order chi connectivity index (χ0) is 13.2. The highest BCUT2D eigenvalue weighted by molar-refractivity contribution is 7.10. The molecule has 1 aromatic heterocycles. The lowest BCUT2D eigenvalue weighted by molar-refractivity contribution is -0.138. The van der Waals surface area contributed by atoms with Gasteiger partial charge in [0.2, 0.25) is 5.91 Å². The third-order valence-corrected chi connectivity index (χ3v) is 5.05. The number of hydrogen-bond donors (Lipinski definition) is 1. The quantitative estimate of drug-likeness (QED) is 0.910. The highest BCUT2D eigenvalue weighted by Gasteiger charge is 2.39. The molecule has 2 rings (SSSR count). The average molecular weight is 266 g/mol. The topological polar surface area (TPSA) is 46.3 Å². The molecule has 1 unspecified atom stereocenters. The summed E-state index contributed by atoms with van der Waals surface area (Å²) >= 11 is 1.73. The van der Waals surface area contributed by atoms with Crippen LogP contribution in [0.4, 0.5) is 0 Å². The molecule has 3 nitrogen and oxygen atoms in total. The highest BCUT2D eigenvalue weighted by atomic mass is 32.1. The molecule has 0 spiro atoms. The van der Waals surface area contributed by atoms with Crippen LogP contribution in [0.25, 0.3) is 0 Å². The number of amides is 1. The van der Waals surface area contributed by atoms with Gasteiger partial charge in [-0.2, -0.15) is 0 Å². The third kappa shape index (κ3) is 2.31. The van der Waals surface area contributed by atoms with Crippen LogP contribution < -0.4 is 5.73 Å². The molecule has 4 heteroatoms. The van der Waals surface area contributed by atoms with Crippen LogP contribution in [-0.2, 0) is 4.79 Å². The van der Waals surface area contributed by atoms with E-state index in [1.165, 1.54) is 4.88 Å². The van der Waals surface area contributed by atoms with Crippen LogP contribution in [0.1, 0.15) is 50.4 Å². The number of hydrogen-bond acceptors (Lipinski definition) is 3. The van der Waals surface area contributed by atoms with E-state index in [1.807, 2.05) is 18.7 Å². The smallest absolute Gasteiger partial charge is 0.243 e. The van der Waals surface area contributed by atoms with E-state index in [9.17, 15) is 4.79 Å². The summed E-state index contributed by atoms with van der Waals surface area (Å²) < 4.78 is 0. The Morgan fingerprint density at radius 3 is 2.83 bits per heavy atom. The predicted molar refractivity (Wildman–Crippen MR) is 75.5 cm³/mol. The molecule has 1 aromatic rings. The fourth-order valence-corrected chi connectivity index (χ4v) is 3.50. The molecule has 0 aromatic carbocycles. The summed E-state index contributed by atoms with van der Waals surface area (Å²) in [5.74, 6) is 0.128. The standard InChI is InChI=1S/C14H22N2OS/c1-3-14(15,4-2)13(17)16-9-5-7-11(16)12-8-6-10-18-12/h6,8,10-11H,3-5,7,9,15H2,1-2H3. The lowest BCUT2D eigenvalue weighted by atomic mass is 9.92. The van der Waals surface area contributed by atoms with E-state index >= 15 is 0 Å². The first-order valence-corrected chi connectivity index (χ1v) is 7.63. The first-order valence-electron chi connectivity index (χ1n) is 6.75. The van der Waals surface area contributed by atoms with Crippen molar-refractivity contribution in [3.05, 3.63) is 22.4 Å². The number of rotatable bonds is 4. The summed E-state index contributed by atoms with van der Waals surface area (Å²) in [5, 5.41) is 2.08. The van der Waals surface area contributed by atoms with E-state index in [-0.39, 0.29) is 11.9 Å². The Labute approximate surface area is 113 Å². The molecule has 2 heterocycles. The maximum Gasteiger partial charge on any atom is 0.243 e. The largest absolute Gasteiger partial charge is 0.333 e. The lowest BCUT2D eigenvalue weighted by Gasteiger charge is -2.34. The van der Waals surface area contributed by atoms with Crippen LogP contribution in [0, 0.1) is 0 Å². The van der Waals surface area contributed by atoms with E-state index in [1.54, 1.807) is 11.3 Å². The molecule has 0 saturated carbocycles. The molecule has 1 fully saturated rings. The first kappa shape index (κ1) is 13.6. The Bertz CT molecular complexity index is 398. The predicted octanol–water partition coefficient (Wildman–Crippen LogP) is 2.93. The van der Waals surface area contributed by atoms with Gasteiger partial charge < -0.3 is 10.6 Å². The molecule has 2 N–H and O–H groups in total. The molecular weight excluding hydrogens is 244 g/mol. The van der Waals surface area contributed by atoms with Gasteiger partial charge in [0.15, 0.2) is 0 Å². The van der Waals surface area contributed by atoms with Crippen LogP contribution in [0.3, 0.4) is 0 Å². The fraction of sp³-hybridized carbons (Fsp3) is 0.643. The monoisotopic (exact) mass is 266 g/mol. The Hall–Kier alpha value is -0.870. The zero-order valence-corrected chi connectivity index (χ0v) is 12.0. The maximum absolute atomic E-state index is 12.6. The van der Waals surface area contributed by atoms with Crippen LogP contribution in [0.15, 0.2) is 17.5 Å². The first-order chi connectivity index (χ1) is 8.62. The summed E-state index contributed by atoms with van der Waals surface area (Å²) in [5.41, 5.74) is 5.57. The van der Waals surface area contributed by atoms with Gasteiger partial charge in [0.05, 0.1) is 11.6 Å². The van der Waals surface area contributed by atoms with Crippen molar-refractivity contribution in [3.63, 3.8) is 0 Å². The van der Waals surface area contributed by atoms with E-state index in [0.29, 0.717) is 12.8 Å². The molecule has 100 valence electrons. The minimum Gasteiger partial charge on any atom is -0.333 e. The van der Waals surface area contributed by atoms with Crippen molar-refractivity contribution < 1.29 is 4.79 Å². The maximum atomic E-state index is 12.6. The van der Waals surface area contributed by atoms with Crippen LogP contribution in [0.5, 0.6) is 0 Å². The molecule has 1 atom stereocenters. The minimum atomic E-state index is -0.681. The molecule has 18 heavy (non-hydrogen) atoms. The molecule has 0 bridgehead atoms. The Balaban J connectivity index is 2.19. The van der Waals surface area contributed by atoms with Gasteiger partial charge in [0, 0.05) is 11.4 Å². The van der Waals surface area contributed by atoms with Crippen molar-refractivity contribution in [2.24, 2.45) is 5.73 Å². The van der Waals surface area contributed by atoms with E-state index in [4.69, 9.17) is 5.73 Å². The molecule has 1 aliphatic rings. The van der Waals surface area contributed by atoms with Crippen molar-refractivity contribution in [2.45, 2.75) is 51.1 Å². The second-order valence-electron chi connectivity index (χ2n) is 5.04. The van der Waals surface area contributed by atoms with Gasteiger partial charge in [-0.05, 0) is 37.1 Å². The Kier molecular flexibility index (Phi) is 4.07. The fourth-order valence-electron chi connectivity index (χ4n) is 2.62. The zero-order valence-electron chi connectivity index (χ0n) is 11.2. The van der Waals surface area contributed by atoms with Crippen molar-refractivity contribution in [3.8, 4) is 0 Å². The normalized spacial score (nSPS) is 20.4. The van der Waals surface area contributed by atoms with Gasteiger partial charge in [0.25, 0.3) is 0 Å². The van der Waals surface area contributed by atoms with Gasteiger partial charge in [-0.1, -0.05) is 19.9 Å². The van der Waals surface area contributed by atoms with Crippen molar-refractivity contribution >= 4 is 17.2 Å². The van der Waals surface area contributed by atoms with Gasteiger partial charge in [-0.15, -0.1) is 11.3 Å². The summed E-state index contributed by atoms with van der Waals surface area (Å²) in [6.45, 7) is 4.84. The second kappa shape index (κ2) is 5.41. The molecule has 1 aliphatic heterocycles. The number of nitrogens with zero attached hydrogens (tertiary/aromatic N) is 1. The second-order valence-corrected chi connectivity index (χ2v) is 6.01. The van der Waals surface area contributed by atoms with Gasteiger partial charge >= 0.3 is 0 Å². The SMILES string of the molecule is CCC(N)(CC)C(=O)N1CCCC1c1cccs1. The number of carbonyl (C=O) groups is 1. The molecular formula is C14H22N2OS. The molecule has 0 radical (unpaired) electrons. The minimum absolute atomic E-state index is 0.128. The van der Waals surface area contributed by atoms with E-state index < -0.39 is 5.54 Å². The molecule has 1 saturated heterocycles. The Morgan fingerprint density at radius 2 is 2.28 bits per heavy atom. The molecule has 0 aliphatic carbocycles. The third-order valence-electron chi connectivity index (χ3n) is 4.07. The van der Waals surface area contributed by atoms with Crippen molar-refractivity contribution in [1.29, 1.82) is 0 Å². The van der Waals surface area contributed by atoms with Crippen molar-refractivity contribution in [2.75, 3.05) is 6.54 Å². The summed E-state index contributed by atoms with van der Waals surface area (Å²) in [6.07, 6.45) is 3.56. The highest BCUT2D eigenvalue weighted by Crippen LogP contribution is 2.36. The Morgan fingerprint density at radius 1 is 1.56 bits per heavy atom. The number of nitrogens with two attached hydrogens (primary N) is 1. The van der Waals surface area contributed by atoms with Crippen LogP contribution >= 0.6 is 11.3 Å². The number of thiophene rings is 1.